The van der Waals surface area contributed by atoms with E-state index in [0.717, 1.165) is 35.6 Å². The van der Waals surface area contributed by atoms with Gasteiger partial charge < -0.3 is 9.47 Å². The summed E-state index contributed by atoms with van der Waals surface area (Å²) in [6, 6.07) is 10.2. The van der Waals surface area contributed by atoms with Crippen LogP contribution in [0.1, 0.15) is 11.1 Å². The molecule has 1 aromatic carbocycles. The van der Waals surface area contributed by atoms with Gasteiger partial charge in [0.15, 0.2) is 0 Å². The van der Waals surface area contributed by atoms with Crippen molar-refractivity contribution in [2.75, 3.05) is 13.2 Å². The second kappa shape index (κ2) is 5.61. The zero-order valence-electron chi connectivity index (χ0n) is 10.4. The average molecular weight is 320 g/mol. The molecule has 1 aliphatic rings. The molecule has 98 valence electrons. The third-order valence-corrected chi connectivity index (χ3v) is 3.58. The van der Waals surface area contributed by atoms with Gasteiger partial charge in [0.25, 0.3) is 0 Å². The Morgan fingerprint density at radius 1 is 1.26 bits per heavy atom. The number of aromatic nitrogens is 1. The summed E-state index contributed by atoms with van der Waals surface area (Å²) in [6.45, 7) is 1.46. The van der Waals surface area contributed by atoms with Gasteiger partial charge in [-0.1, -0.05) is 12.1 Å². The van der Waals surface area contributed by atoms with E-state index < -0.39 is 0 Å². The monoisotopic (exact) mass is 319 g/mol. The van der Waals surface area contributed by atoms with Gasteiger partial charge >= 0.3 is 0 Å². The quantitative estimate of drug-likeness (QED) is 0.809. The highest BCUT2D eigenvalue weighted by atomic mass is 79.9. The number of fused-ring (bicyclic) bond motifs is 1. The molecule has 2 aromatic rings. The van der Waals surface area contributed by atoms with Gasteiger partial charge in [0.2, 0.25) is 0 Å². The van der Waals surface area contributed by atoms with Crippen LogP contribution >= 0.6 is 15.9 Å². The van der Waals surface area contributed by atoms with E-state index in [1.807, 2.05) is 12.1 Å². The highest BCUT2D eigenvalue weighted by Crippen LogP contribution is 2.26. The average Bonchev–Trinajstić information content (AvgIpc) is 2.88. The predicted molar refractivity (Wildman–Crippen MR) is 76.8 cm³/mol. The molecule has 1 aliphatic heterocycles. The van der Waals surface area contributed by atoms with Gasteiger partial charge in [-0.15, -0.1) is 0 Å². The van der Waals surface area contributed by atoms with Crippen molar-refractivity contribution < 1.29 is 9.47 Å². The fourth-order valence-corrected chi connectivity index (χ4v) is 2.36. The van der Waals surface area contributed by atoms with Crippen LogP contribution in [0.3, 0.4) is 0 Å². The summed E-state index contributed by atoms with van der Waals surface area (Å²) in [7, 11) is 0. The molecular formula is C15H14BrNO2. The Balaban J connectivity index is 1.56. The fourth-order valence-electron chi connectivity index (χ4n) is 2.13. The Labute approximate surface area is 120 Å². The predicted octanol–water partition coefficient (Wildman–Crippen LogP) is 3.40. The van der Waals surface area contributed by atoms with Gasteiger partial charge in [-0.25, -0.2) is 4.98 Å². The van der Waals surface area contributed by atoms with Crippen LogP contribution < -0.4 is 9.47 Å². The van der Waals surface area contributed by atoms with Gasteiger partial charge in [-0.05, 0) is 45.3 Å². The Kier molecular flexibility index (Phi) is 3.69. The van der Waals surface area contributed by atoms with E-state index in [2.05, 4.69) is 39.1 Å². The van der Waals surface area contributed by atoms with E-state index in [0.29, 0.717) is 6.61 Å². The summed E-state index contributed by atoms with van der Waals surface area (Å²) in [5.41, 5.74) is 2.59. The molecule has 0 fully saturated rings. The van der Waals surface area contributed by atoms with Gasteiger partial charge in [0.1, 0.15) is 16.1 Å². The molecule has 3 nitrogen and oxygen atoms in total. The maximum atomic E-state index is 5.67. The maximum Gasteiger partial charge on any atom is 0.137 e. The second-order valence-electron chi connectivity index (χ2n) is 4.46. The van der Waals surface area contributed by atoms with Crippen LogP contribution in [0.25, 0.3) is 0 Å². The maximum absolute atomic E-state index is 5.67. The summed E-state index contributed by atoms with van der Waals surface area (Å²) >= 11 is 3.30. The number of ether oxygens (including phenoxy) is 2. The van der Waals surface area contributed by atoms with Crippen LogP contribution in [0, 0.1) is 0 Å². The minimum absolute atomic E-state index is 0.656. The third-order valence-electron chi connectivity index (χ3n) is 3.11. The molecular weight excluding hydrogens is 306 g/mol. The Morgan fingerprint density at radius 3 is 3.05 bits per heavy atom. The van der Waals surface area contributed by atoms with Gasteiger partial charge in [0.05, 0.1) is 19.4 Å². The first-order valence-corrected chi connectivity index (χ1v) is 7.09. The van der Waals surface area contributed by atoms with Crippen LogP contribution in [-0.2, 0) is 12.8 Å². The topological polar surface area (TPSA) is 31.4 Å². The van der Waals surface area contributed by atoms with E-state index in [9.17, 15) is 0 Å². The van der Waals surface area contributed by atoms with Crippen molar-refractivity contribution in [1.82, 2.24) is 4.98 Å². The number of benzene rings is 1. The Bertz CT molecular complexity index is 569. The second-order valence-corrected chi connectivity index (χ2v) is 5.27. The van der Waals surface area contributed by atoms with Crippen LogP contribution in [0.4, 0.5) is 0 Å². The molecule has 3 rings (SSSR count). The Hall–Kier alpha value is -1.55. The van der Waals surface area contributed by atoms with Crippen molar-refractivity contribution in [2.45, 2.75) is 12.8 Å². The van der Waals surface area contributed by atoms with Crippen LogP contribution in [0.15, 0.2) is 41.1 Å². The molecule has 0 N–H and O–H groups in total. The molecule has 0 bridgehead atoms. The molecule has 0 radical (unpaired) electrons. The van der Waals surface area contributed by atoms with Crippen molar-refractivity contribution in [1.29, 1.82) is 0 Å². The number of hydrogen-bond acceptors (Lipinski definition) is 3. The number of hydrogen-bond donors (Lipinski definition) is 0. The van der Waals surface area contributed by atoms with Crippen molar-refractivity contribution in [2.24, 2.45) is 0 Å². The lowest BCUT2D eigenvalue weighted by molar-refractivity contribution is 0.320. The molecule has 2 heterocycles. The lowest BCUT2D eigenvalue weighted by Gasteiger charge is -2.07. The van der Waals surface area contributed by atoms with Crippen LogP contribution in [0.5, 0.6) is 11.5 Å². The first kappa shape index (κ1) is 12.5. The molecule has 19 heavy (non-hydrogen) atoms. The molecule has 4 heteroatoms. The lowest BCUT2D eigenvalue weighted by atomic mass is 10.1. The minimum Gasteiger partial charge on any atom is -0.493 e. The largest absolute Gasteiger partial charge is 0.493 e. The first-order chi connectivity index (χ1) is 9.31. The third kappa shape index (κ3) is 3.07. The minimum atomic E-state index is 0.656. The summed E-state index contributed by atoms with van der Waals surface area (Å²) in [4.78, 5) is 4.13. The fraction of sp³-hybridized carbons (Fsp3) is 0.267. The molecule has 0 amide bonds. The van der Waals surface area contributed by atoms with Crippen molar-refractivity contribution in [3.63, 3.8) is 0 Å². The molecule has 0 atom stereocenters. The smallest absolute Gasteiger partial charge is 0.137 e. The normalized spacial score (nSPS) is 12.9. The SMILES string of the molecule is Brc1ccc(OCCc2ccc3c(c2)CCO3)cn1. The lowest BCUT2D eigenvalue weighted by Crippen LogP contribution is -2.01. The molecule has 0 saturated heterocycles. The molecule has 0 spiro atoms. The zero-order chi connectivity index (χ0) is 13.1. The standard InChI is InChI=1S/C15H14BrNO2/c16-15-4-2-13(10-17-15)18-7-5-11-1-3-14-12(9-11)6-8-19-14/h1-4,9-10H,5-8H2. The number of halogens is 1. The van der Waals surface area contributed by atoms with E-state index in [1.165, 1.54) is 11.1 Å². The van der Waals surface area contributed by atoms with Crippen LogP contribution in [-0.4, -0.2) is 18.2 Å². The number of nitrogens with zero attached hydrogens (tertiary/aromatic N) is 1. The number of rotatable bonds is 4. The molecule has 0 unspecified atom stereocenters. The van der Waals surface area contributed by atoms with E-state index in [1.54, 1.807) is 6.20 Å². The van der Waals surface area contributed by atoms with Crippen molar-refractivity contribution in [3.8, 4) is 11.5 Å². The highest BCUT2D eigenvalue weighted by molar-refractivity contribution is 9.10. The van der Waals surface area contributed by atoms with E-state index in [4.69, 9.17) is 9.47 Å². The molecule has 0 saturated carbocycles. The van der Waals surface area contributed by atoms with Crippen molar-refractivity contribution >= 4 is 15.9 Å². The molecule has 1 aromatic heterocycles. The summed E-state index contributed by atoms with van der Waals surface area (Å²) < 4.78 is 12.0. The van der Waals surface area contributed by atoms with Gasteiger partial charge in [0, 0.05) is 12.8 Å². The van der Waals surface area contributed by atoms with Crippen molar-refractivity contribution in [3.05, 3.63) is 52.3 Å². The van der Waals surface area contributed by atoms with E-state index >= 15 is 0 Å². The van der Waals surface area contributed by atoms with Gasteiger partial charge in [-0.3, -0.25) is 0 Å². The summed E-state index contributed by atoms with van der Waals surface area (Å²) in [5, 5.41) is 0. The number of pyridine rings is 1. The summed E-state index contributed by atoms with van der Waals surface area (Å²) in [6.07, 6.45) is 3.63. The first-order valence-electron chi connectivity index (χ1n) is 6.30. The summed E-state index contributed by atoms with van der Waals surface area (Å²) in [5.74, 6) is 1.83. The zero-order valence-corrected chi connectivity index (χ0v) is 12.0. The van der Waals surface area contributed by atoms with Gasteiger partial charge in [-0.2, -0.15) is 0 Å². The van der Waals surface area contributed by atoms with Crippen LogP contribution in [0.2, 0.25) is 0 Å². The Morgan fingerprint density at radius 2 is 2.21 bits per heavy atom. The molecule has 0 aliphatic carbocycles. The highest BCUT2D eigenvalue weighted by Gasteiger charge is 2.11. The van der Waals surface area contributed by atoms with E-state index in [-0.39, 0.29) is 0 Å².